The van der Waals surface area contributed by atoms with Gasteiger partial charge >= 0.3 is 0 Å². The molecule has 0 unspecified atom stereocenters. The Morgan fingerprint density at radius 2 is 2.11 bits per heavy atom. The Balaban J connectivity index is 1.72. The zero-order valence-corrected chi connectivity index (χ0v) is 10.8. The molecule has 1 aromatic rings. The predicted molar refractivity (Wildman–Crippen MR) is 75.2 cm³/mol. The summed E-state index contributed by atoms with van der Waals surface area (Å²) in [4.78, 5) is 11.3. The monoisotopic (exact) mass is 258 g/mol. The van der Waals surface area contributed by atoms with Gasteiger partial charge < -0.3 is 15.4 Å². The molecule has 3 rings (SSSR count). The molecule has 4 heteroatoms. The van der Waals surface area contributed by atoms with Crippen LogP contribution in [0.2, 0.25) is 0 Å². The van der Waals surface area contributed by atoms with Gasteiger partial charge in [-0.2, -0.15) is 0 Å². The maximum Gasteiger partial charge on any atom is 0.262 e. The highest BCUT2D eigenvalue weighted by molar-refractivity contribution is 5.95. The summed E-state index contributed by atoms with van der Waals surface area (Å²) >= 11 is 0. The SMILES string of the molecule is O=C1COc2ccc(/C=C\C3CCNCC3)cc2N1. The second-order valence-corrected chi connectivity index (χ2v) is 5.04. The summed E-state index contributed by atoms with van der Waals surface area (Å²) in [6.07, 6.45) is 6.80. The van der Waals surface area contributed by atoms with Crippen molar-refractivity contribution in [3.05, 3.63) is 29.8 Å². The standard InChI is InChI=1S/C15H18N2O2/c18-15-10-19-14-4-3-12(9-13(14)17-15)2-1-11-5-7-16-8-6-11/h1-4,9,11,16H,5-8,10H2,(H,17,18)/b2-1-. The minimum atomic E-state index is -0.0908. The molecule has 0 aromatic heterocycles. The number of fused-ring (bicyclic) bond motifs is 1. The van der Waals surface area contributed by atoms with E-state index in [1.165, 1.54) is 12.8 Å². The van der Waals surface area contributed by atoms with Gasteiger partial charge in [-0.3, -0.25) is 4.79 Å². The first-order valence-electron chi connectivity index (χ1n) is 6.77. The second kappa shape index (κ2) is 5.45. The Morgan fingerprint density at radius 3 is 2.95 bits per heavy atom. The average molecular weight is 258 g/mol. The fraction of sp³-hybridized carbons (Fsp3) is 0.400. The molecule has 2 aliphatic rings. The number of nitrogens with one attached hydrogen (secondary N) is 2. The van der Waals surface area contributed by atoms with Gasteiger partial charge in [-0.25, -0.2) is 0 Å². The van der Waals surface area contributed by atoms with Gasteiger partial charge in [-0.15, -0.1) is 0 Å². The third-order valence-corrected chi connectivity index (χ3v) is 3.58. The maximum absolute atomic E-state index is 11.3. The minimum absolute atomic E-state index is 0.0908. The Kier molecular flexibility index (Phi) is 3.51. The fourth-order valence-electron chi connectivity index (χ4n) is 2.49. The van der Waals surface area contributed by atoms with Crippen molar-refractivity contribution in [3.63, 3.8) is 0 Å². The Hall–Kier alpha value is -1.81. The lowest BCUT2D eigenvalue weighted by Crippen LogP contribution is -2.26. The number of ether oxygens (including phenoxy) is 1. The van der Waals surface area contributed by atoms with Crippen molar-refractivity contribution in [1.29, 1.82) is 0 Å². The highest BCUT2D eigenvalue weighted by atomic mass is 16.5. The molecule has 0 spiro atoms. The van der Waals surface area contributed by atoms with Crippen molar-refractivity contribution >= 4 is 17.7 Å². The molecule has 2 aliphatic heterocycles. The lowest BCUT2D eigenvalue weighted by Gasteiger charge is -2.20. The van der Waals surface area contributed by atoms with Gasteiger partial charge in [0.05, 0.1) is 5.69 Å². The first-order chi connectivity index (χ1) is 9.31. The van der Waals surface area contributed by atoms with Crippen LogP contribution >= 0.6 is 0 Å². The van der Waals surface area contributed by atoms with Gasteiger partial charge in [-0.05, 0) is 49.5 Å². The molecule has 2 heterocycles. The summed E-state index contributed by atoms with van der Waals surface area (Å²) in [7, 11) is 0. The molecule has 100 valence electrons. The molecule has 1 aromatic carbocycles. The van der Waals surface area contributed by atoms with Crippen molar-refractivity contribution in [3.8, 4) is 5.75 Å². The number of carbonyl (C=O) groups is 1. The van der Waals surface area contributed by atoms with Gasteiger partial charge in [-0.1, -0.05) is 18.2 Å². The number of allylic oxidation sites excluding steroid dienone is 1. The molecule has 1 fully saturated rings. The van der Waals surface area contributed by atoms with Crippen LogP contribution in [0.15, 0.2) is 24.3 Å². The molecular weight excluding hydrogens is 240 g/mol. The molecule has 0 aliphatic carbocycles. The molecule has 19 heavy (non-hydrogen) atoms. The molecule has 1 amide bonds. The third-order valence-electron chi connectivity index (χ3n) is 3.58. The number of hydrogen-bond donors (Lipinski definition) is 2. The van der Waals surface area contributed by atoms with Crippen LogP contribution in [0.1, 0.15) is 18.4 Å². The summed E-state index contributed by atoms with van der Waals surface area (Å²) in [6.45, 7) is 2.31. The normalized spacial score (nSPS) is 19.9. The third kappa shape index (κ3) is 2.96. The molecule has 1 saturated heterocycles. The number of benzene rings is 1. The largest absolute Gasteiger partial charge is 0.482 e. The van der Waals surface area contributed by atoms with Gasteiger partial charge in [0, 0.05) is 0 Å². The smallest absolute Gasteiger partial charge is 0.262 e. The van der Waals surface area contributed by atoms with Crippen LogP contribution in [0.3, 0.4) is 0 Å². The second-order valence-electron chi connectivity index (χ2n) is 5.04. The molecule has 0 atom stereocenters. The first kappa shape index (κ1) is 12.2. The summed E-state index contributed by atoms with van der Waals surface area (Å²) < 4.78 is 5.34. The van der Waals surface area contributed by atoms with Gasteiger partial charge in [0.25, 0.3) is 5.91 Å². The van der Waals surface area contributed by atoms with Crippen LogP contribution in [0.4, 0.5) is 5.69 Å². The highest BCUT2D eigenvalue weighted by Crippen LogP contribution is 2.29. The van der Waals surface area contributed by atoms with Crippen molar-refractivity contribution in [2.75, 3.05) is 25.0 Å². The minimum Gasteiger partial charge on any atom is -0.482 e. The maximum atomic E-state index is 11.3. The van der Waals surface area contributed by atoms with Crippen LogP contribution < -0.4 is 15.4 Å². The number of piperidine rings is 1. The molecule has 2 N–H and O–H groups in total. The van der Waals surface area contributed by atoms with Gasteiger partial charge in [0.2, 0.25) is 0 Å². The van der Waals surface area contributed by atoms with E-state index in [4.69, 9.17) is 4.74 Å². The first-order valence-corrected chi connectivity index (χ1v) is 6.77. The average Bonchev–Trinajstić information content (AvgIpc) is 2.46. The van der Waals surface area contributed by atoms with Crippen LogP contribution in [0.5, 0.6) is 5.75 Å². The van der Waals surface area contributed by atoms with E-state index in [9.17, 15) is 4.79 Å². The number of carbonyl (C=O) groups excluding carboxylic acids is 1. The summed E-state index contributed by atoms with van der Waals surface area (Å²) in [6, 6.07) is 5.90. The summed E-state index contributed by atoms with van der Waals surface area (Å²) in [5.41, 5.74) is 1.87. The zero-order valence-electron chi connectivity index (χ0n) is 10.8. The van der Waals surface area contributed by atoms with Crippen LogP contribution in [-0.2, 0) is 4.79 Å². The van der Waals surface area contributed by atoms with E-state index in [0.717, 1.165) is 30.1 Å². The summed E-state index contributed by atoms with van der Waals surface area (Å²) in [5.74, 6) is 1.31. The Bertz CT molecular complexity index is 505. The fourth-order valence-corrected chi connectivity index (χ4v) is 2.49. The molecule has 0 radical (unpaired) electrons. The van der Waals surface area contributed by atoms with Crippen LogP contribution in [0, 0.1) is 5.92 Å². The van der Waals surface area contributed by atoms with Crippen LogP contribution in [0.25, 0.3) is 6.08 Å². The van der Waals surface area contributed by atoms with Crippen LogP contribution in [-0.4, -0.2) is 25.6 Å². The van der Waals surface area contributed by atoms with E-state index in [1.54, 1.807) is 0 Å². The number of amides is 1. The lowest BCUT2D eigenvalue weighted by molar-refractivity contribution is -0.118. The molecule has 0 saturated carbocycles. The van der Waals surface area contributed by atoms with Crippen molar-refractivity contribution < 1.29 is 9.53 Å². The predicted octanol–water partition coefficient (Wildman–Crippen LogP) is 2.03. The Morgan fingerprint density at radius 1 is 1.26 bits per heavy atom. The van der Waals surface area contributed by atoms with E-state index in [0.29, 0.717) is 5.92 Å². The van der Waals surface area contributed by atoms with Crippen molar-refractivity contribution in [2.45, 2.75) is 12.8 Å². The molecular formula is C15H18N2O2. The van der Waals surface area contributed by atoms with E-state index in [1.807, 2.05) is 18.2 Å². The van der Waals surface area contributed by atoms with Crippen molar-refractivity contribution in [1.82, 2.24) is 5.32 Å². The van der Waals surface area contributed by atoms with Gasteiger partial charge in [0.15, 0.2) is 6.61 Å². The quantitative estimate of drug-likeness (QED) is 0.853. The van der Waals surface area contributed by atoms with E-state index in [-0.39, 0.29) is 12.5 Å². The number of rotatable bonds is 2. The Labute approximate surface area is 112 Å². The molecule has 0 bridgehead atoms. The summed E-state index contributed by atoms with van der Waals surface area (Å²) in [5, 5.41) is 6.19. The highest BCUT2D eigenvalue weighted by Gasteiger charge is 2.15. The van der Waals surface area contributed by atoms with Gasteiger partial charge in [0.1, 0.15) is 5.75 Å². The van der Waals surface area contributed by atoms with E-state index in [2.05, 4.69) is 22.8 Å². The van der Waals surface area contributed by atoms with E-state index >= 15 is 0 Å². The lowest BCUT2D eigenvalue weighted by atomic mass is 9.97. The number of anilines is 1. The van der Waals surface area contributed by atoms with Crippen molar-refractivity contribution in [2.24, 2.45) is 5.92 Å². The topological polar surface area (TPSA) is 50.4 Å². The molecule has 4 nitrogen and oxygen atoms in total. The van der Waals surface area contributed by atoms with E-state index < -0.39 is 0 Å². The number of hydrogen-bond acceptors (Lipinski definition) is 3. The zero-order chi connectivity index (χ0) is 13.1.